The molecule has 2 nitrogen and oxygen atoms in total. The van der Waals surface area contributed by atoms with Gasteiger partial charge in [0.1, 0.15) is 0 Å². The van der Waals surface area contributed by atoms with E-state index in [2.05, 4.69) is 26.2 Å². The quantitative estimate of drug-likeness (QED) is 0.908. The van der Waals surface area contributed by atoms with Crippen LogP contribution in [0.25, 0.3) is 0 Å². The van der Waals surface area contributed by atoms with Crippen LogP contribution < -0.4 is 5.32 Å². The van der Waals surface area contributed by atoms with E-state index in [1.807, 2.05) is 25.4 Å². The molecule has 1 aliphatic rings. The van der Waals surface area contributed by atoms with Gasteiger partial charge in [-0.3, -0.25) is 4.98 Å². The molecule has 80 valence electrons. The molecule has 0 atom stereocenters. The van der Waals surface area contributed by atoms with E-state index < -0.39 is 0 Å². The first kappa shape index (κ1) is 14.2. The second-order valence-electron chi connectivity index (χ2n) is 3.17. The molecule has 5 heteroatoms. The minimum atomic E-state index is 0. The number of pyridine rings is 1. The minimum absolute atomic E-state index is 0. The average Bonchev–Trinajstić information content (AvgIpc) is 2.86. The molecule has 1 aromatic heterocycles. The molecule has 0 aliphatic heterocycles. The Morgan fingerprint density at radius 3 is 2.50 bits per heavy atom. The lowest BCUT2D eigenvalue weighted by Gasteiger charge is -2.14. The molecular formula is C9H13BrCl2N2. The number of hydrogen-bond donors (Lipinski definition) is 1. The van der Waals surface area contributed by atoms with E-state index in [9.17, 15) is 0 Å². The summed E-state index contributed by atoms with van der Waals surface area (Å²) in [5.41, 5.74) is 1.31. The molecule has 0 spiro atoms. The van der Waals surface area contributed by atoms with Gasteiger partial charge in [-0.1, -0.05) is 0 Å². The SMILES string of the molecule is CNC1(c2ncccc2Br)CC1.Cl.Cl. The normalized spacial score (nSPS) is 16.4. The summed E-state index contributed by atoms with van der Waals surface area (Å²) in [5.74, 6) is 0. The Labute approximate surface area is 105 Å². The van der Waals surface area contributed by atoms with Crippen LogP contribution in [0, 0.1) is 0 Å². The number of aromatic nitrogens is 1. The van der Waals surface area contributed by atoms with Gasteiger partial charge in [-0.15, -0.1) is 24.8 Å². The maximum atomic E-state index is 4.37. The van der Waals surface area contributed by atoms with Gasteiger partial charge in [0.2, 0.25) is 0 Å². The lowest BCUT2D eigenvalue weighted by atomic mass is 10.1. The van der Waals surface area contributed by atoms with Crippen molar-refractivity contribution in [3.05, 3.63) is 28.5 Å². The highest BCUT2D eigenvalue weighted by Crippen LogP contribution is 2.46. The van der Waals surface area contributed by atoms with Crippen LogP contribution in [0.1, 0.15) is 18.5 Å². The molecule has 1 N–H and O–H groups in total. The molecular weight excluding hydrogens is 287 g/mol. The van der Waals surface area contributed by atoms with Crippen LogP contribution in [-0.2, 0) is 5.54 Å². The van der Waals surface area contributed by atoms with Crippen molar-refractivity contribution in [1.29, 1.82) is 0 Å². The second-order valence-corrected chi connectivity index (χ2v) is 4.02. The van der Waals surface area contributed by atoms with Gasteiger partial charge >= 0.3 is 0 Å². The fourth-order valence-electron chi connectivity index (χ4n) is 1.47. The smallest absolute Gasteiger partial charge is 0.0746 e. The van der Waals surface area contributed by atoms with Crippen molar-refractivity contribution in [2.75, 3.05) is 7.05 Å². The van der Waals surface area contributed by atoms with Gasteiger partial charge in [0.25, 0.3) is 0 Å². The lowest BCUT2D eigenvalue weighted by Crippen LogP contribution is -2.26. The third kappa shape index (κ3) is 2.40. The predicted molar refractivity (Wildman–Crippen MR) is 66.4 cm³/mol. The largest absolute Gasteiger partial charge is 0.309 e. The third-order valence-corrected chi connectivity index (χ3v) is 3.08. The molecule has 1 aliphatic carbocycles. The molecule has 1 aromatic rings. The van der Waals surface area contributed by atoms with Crippen molar-refractivity contribution in [2.24, 2.45) is 0 Å². The van der Waals surface area contributed by atoms with Gasteiger partial charge in [-0.05, 0) is 48.0 Å². The van der Waals surface area contributed by atoms with Gasteiger partial charge in [0.05, 0.1) is 11.2 Å². The van der Waals surface area contributed by atoms with Gasteiger partial charge in [-0.2, -0.15) is 0 Å². The van der Waals surface area contributed by atoms with E-state index in [1.165, 1.54) is 12.8 Å². The highest BCUT2D eigenvalue weighted by molar-refractivity contribution is 9.10. The summed E-state index contributed by atoms with van der Waals surface area (Å²) >= 11 is 3.51. The standard InChI is InChI=1S/C9H11BrN2.2ClH/c1-11-9(4-5-9)8-7(10)3-2-6-12-8;;/h2-3,6,11H,4-5H2,1H3;2*1H. The topological polar surface area (TPSA) is 24.9 Å². The zero-order chi connectivity index (χ0) is 8.60. The summed E-state index contributed by atoms with van der Waals surface area (Å²) in [5, 5.41) is 3.32. The summed E-state index contributed by atoms with van der Waals surface area (Å²) in [4.78, 5) is 4.37. The number of rotatable bonds is 2. The van der Waals surface area contributed by atoms with Crippen molar-refractivity contribution < 1.29 is 0 Å². The zero-order valence-electron chi connectivity index (χ0n) is 7.79. The average molecular weight is 300 g/mol. The molecule has 0 amide bonds. The van der Waals surface area contributed by atoms with E-state index >= 15 is 0 Å². The maximum absolute atomic E-state index is 4.37. The molecule has 1 heterocycles. The fraction of sp³-hybridized carbons (Fsp3) is 0.444. The van der Waals surface area contributed by atoms with Crippen LogP contribution in [0.15, 0.2) is 22.8 Å². The van der Waals surface area contributed by atoms with Crippen LogP contribution in [0.2, 0.25) is 0 Å². The van der Waals surface area contributed by atoms with Gasteiger partial charge in [0.15, 0.2) is 0 Å². The number of nitrogens with zero attached hydrogens (tertiary/aromatic N) is 1. The summed E-state index contributed by atoms with van der Waals surface area (Å²) in [6, 6.07) is 3.99. The molecule has 2 rings (SSSR count). The first-order valence-corrected chi connectivity index (χ1v) is 4.88. The Hall–Kier alpha value is 0.170. The van der Waals surface area contributed by atoms with Crippen LogP contribution in [0.5, 0.6) is 0 Å². The van der Waals surface area contributed by atoms with Crippen molar-refractivity contribution in [2.45, 2.75) is 18.4 Å². The van der Waals surface area contributed by atoms with E-state index in [0.29, 0.717) is 0 Å². The van der Waals surface area contributed by atoms with Gasteiger partial charge in [0, 0.05) is 10.7 Å². The van der Waals surface area contributed by atoms with Crippen LogP contribution in [-0.4, -0.2) is 12.0 Å². The highest BCUT2D eigenvalue weighted by Gasteiger charge is 2.45. The Morgan fingerprint density at radius 2 is 2.07 bits per heavy atom. The fourth-order valence-corrected chi connectivity index (χ4v) is 2.10. The number of hydrogen-bond acceptors (Lipinski definition) is 2. The molecule has 1 fully saturated rings. The molecule has 0 bridgehead atoms. The molecule has 0 unspecified atom stereocenters. The zero-order valence-corrected chi connectivity index (χ0v) is 11.0. The first-order chi connectivity index (χ1) is 5.78. The van der Waals surface area contributed by atoms with E-state index in [0.717, 1.165) is 10.2 Å². The Morgan fingerprint density at radius 1 is 1.43 bits per heavy atom. The highest BCUT2D eigenvalue weighted by atomic mass is 79.9. The Balaban J connectivity index is 0.000000845. The second kappa shape index (κ2) is 5.31. The Bertz CT molecular complexity index is 303. The van der Waals surface area contributed by atoms with Crippen molar-refractivity contribution in [3.63, 3.8) is 0 Å². The summed E-state index contributed by atoms with van der Waals surface area (Å²) < 4.78 is 1.11. The van der Waals surface area contributed by atoms with Gasteiger partial charge in [-0.25, -0.2) is 0 Å². The van der Waals surface area contributed by atoms with E-state index in [4.69, 9.17) is 0 Å². The van der Waals surface area contributed by atoms with Crippen molar-refractivity contribution >= 4 is 40.7 Å². The number of halogens is 3. The van der Waals surface area contributed by atoms with Crippen LogP contribution >= 0.6 is 40.7 Å². The molecule has 14 heavy (non-hydrogen) atoms. The molecule has 0 saturated heterocycles. The summed E-state index contributed by atoms with van der Waals surface area (Å²) in [6.45, 7) is 0. The summed E-state index contributed by atoms with van der Waals surface area (Å²) in [6.07, 6.45) is 4.23. The minimum Gasteiger partial charge on any atom is -0.309 e. The lowest BCUT2D eigenvalue weighted by molar-refractivity contribution is 0.564. The first-order valence-electron chi connectivity index (χ1n) is 4.08. The van der Waals surface area contributed by atoms with Crippen LogP contribution in [0.4, 0.5) is 0 Å². The molecule has 1 saturated carbocycles. The third-order valence-electron chi connectivity index (χ3n) is 2.44. The van der Waals surface area contributed by atoms with Crippen molar-refractivity contribution in [1.82, 2.24) is 10.3 Å². The monoisotopic (exact) mass is 298 g/mol. The van der Waals surface area contributed by atoms with E-state index in [-0.39, 0.29) is 30.4 Å². The number of nitrogens with one attached hydrogen (secondary N) is 1. The van der Waals surface area contributed by atoms with Crippen molar-refractivity contribution in [3.8, 4) is 0 Å². The maximum Gasteiger partial charge on any atom is 0.0746 e. The molecule has 0 radical (unpaired) electrons. The summed E-state index contributed by atoms with van der Waals surface area (Å²) in [7, 11) is 1.99. The van der Waals surface area contributed by atoms with E-state index in [1.54, 1.807) is 0 Å². The molecule has 0 aromatic carbocycles. The predicted octanol–water partition coefficient (Wildman–Crippen LogP) is 2.90. The van der Waals surface area contributed by atoms with Crippen LogP contribution in [0.3, 0.4) is 0 Å². The Kier molecular flexibility index (Phi) is 5.37. The van der Waals surface area contributed by atoms with Gasteiger partial charge < -0.3 is 5.32 Å².